The quantitative estimate of drug-likeness (QED) is 0.687. The molecule has 0 spiro atoms. The van der Waals surface area contributed by atoms with Gasteiger partial charge in [-0.1, -0.05) is 26.2 Å². The molecule has 0 aromatic rings. The van der Waals surface area contributed by atoms with Gasteiger partial charge in [0.1, 0.15) is 0 Å². The Kier molecular flexibility index (Phi) is 6.31. The smallest absolute Gasteiger partial charge is 0.0565 e. The van der Waals surface area contributed by atoms with Crippen LogP contribution in [0.5, 0.6) is 0 Å². The van der Waals surface area contributed by atoms with Gasteiger partial charge in [-0.3, -0.25) is 0 Å². The second-order valence-corrected chi connectivity index (χ2v) is 3.37. The number of hydrogen-bond donors (Lipinski definition) is 1. The van der Waals surface area contributed by atoms with Gasteiger partial charge in [0.25, 0.3) is 0 Å². The van der Waals surface area contributed by atoms with Gasteiger partial charge in [-0.25, -0.2) is 0 Å². The van der Waals surface area contributed by atoms with Gasteiger partial charge >= 0.3 is 0 Å². The summed E-state index contributed by atoms with van der Waals surface area (Å²) in [7, 11) is 0. The van der Waals surface area contributed by atoms with Crippen LogP contribution in [-0.4, -0.2) is 11.2 Å². The zero-order valence-corrected chi connectivity index (χ0v) is 8.09. The van der Waals surface area contributed by atoms with Crippen LogP contribution in [0, 0.1) is 5.92 Å². The molecule has 0 aromatic carbocycles. The molecule has 1 atom stereocenters. The first-order valence-corrected chi connectivity index (χ1v) is 4.52. The fourth-order valence-electron chi connectivity index (χ4n) is 1.85. The minimum absolute atomic E-state index is 0. The minimum Gasteiger partial charge on any atom is -0.393 e. The summed E-state index contributed by atoms with van der Waals surface area (Å²) in [5, 5.41) is 9.48. The molecular weight excluding hydrogens is 188 g/mol. The van der Waals surface area contributed by atoms with E-state index < -0.39 is 0 Å². The van der Waals surface area contributed by atoms with Crippen LogP contribution in [0.15, 0.2) is 0 Å². The third-order valence-electron chi connectivity index (χ3n) is 2.61. The second-order valence-electron chi connectivity index (χ2n) is 3.37. The average Bonchev–Trinajstić information content (AvgIpc) is 2.05. The normalized spacial score (nSPS) is 22.4. The molecule has 0 aromatic heterocycles. The van der Waals surface area contributed by atoms with Crippen LogP contribution in [0.2, 0.25) is 0 Å². The van der Waals surface area contributed by atoms with E-state index in [4.69, 9.17) is 0 Å². The van der Waals surface area contributed by atoms with Crippen LogP contribution in [0.3, 0.4) is 0 Å². The third kappa shape index (κ3) is 3.59. The zero-order chi connectivity index (χ0) is 7.40. The van der Waals surface area contributed by atoms with Crippen LogP contribution >= 0.6 is 0 Å². The van der Waals surface area contributed by atoms with Gasteiger partial charge < -0.3 is 5.11 Å². The maximum absolute atomic E-state index is 9.48. The number of hydrogen-bond acceptors (Lipinski definition) is 1. The summed E-state index contributed by atoms with van der Waals surface area (Å²) < 4.78 is 0. The summed E-state index contributed by atoms with van der Waals surface area (Å²) in [5.41, 5.74) is 0. The van der Waals surface area contributed by atoms with Crippen LogP contribution in [0.25, 0.3) is 0 Å². The third-order valence-corrected chi connectivity index (χ3v) is 2.61. The molecule has 1 aliphatic rings. The Morgan fingerprint density at radius 3 is 2.27 bits per heavy atom. The van der Waals surface area contributed by atoms with Gasteiger partial charge in [-0.15, -0.1) is 0 Å². The molecule has 0 aliphatic heterocycles. The van der Waals surface area contributed by atoms with E-state index in [1.807, 2.05) is 0 Å². The Morgan fingerprint density at radius 2 is 1.82 bits per heavy atom. The van der Waals surface area contributed by atoms with Crippen molar-refractivity contribution in [3.05, 3.63) is 0 Å². The first kappa shape index (κ1) is 11.5. The second kappa shape index (κ2) is 6.05. The van der Waals surface area contributed by atoms with Crippen molar-refractivity contribution in [1.82, 2.24) is 0 Å². The predicted molar refractivity (Wildman–Crippen MR) is 42.9 cm³/mol. The SMILES string of the molecule is CCC(O)C1CCCCC1.[Cu]. The van der Waals surface area contributed by atoms with E-state index in [2.05, 4.69) is 6.92 Å². The number of rotatable bonds is 2. The molecule has 1 nitrogen and oxygen atoms in total. The van der Waals surface area contributed by atoms with E-state index >= 15 is 0 Å². The van der Waals surface area contributed by atoms with Crippen molar-refractivity contribution in [3.8, 4) is 0 Å². The molecule has 1 radical (unpaired) electrons. The minimum atomic E-state index is -0.0136. The van der Waals surface area contributed by atoms with Gasteiger partial charge in [0, 0.05) is 17.1 Å². The molecule has 2 heteroatoms. The maximum Gasteiger partial charge on any atom is 0.0565 e. The van der Waals surface area contributed by atoms with Gasteiger partial charge in [0.15, 0.2) is 0 Å². The average molecular weight is 206 g/mol. The van der Waals surface area contributed by atoms with E-state index in [9.17, 15) is 5.11 Å². The van der Waals surface area contributed by atoms with Gasteiger partial charge in [-0.05, 0) is 25.2 Å². The summed E-state index contributed by atoms with van der Waals surface area (Å²) in [6.07, 6.45) is 7.49. The van der Waals surface area contributed by atoms with Crippen LogP contribution in [0.1, 0.15) is 45.4 Å². The molecule has 1 rings (SSSR count). The summed E-state index contributed by atoms with van der Waals surface area (Å²) in [4.78, 5) is 0. The van der Waals surface area contributed by atoms with Crippen LogP contribution in [0.4, 0.5) is 0 Å². The molecule has 71 valence electrons. The van der Waals surface area contributed by atoms with Crippen molar-refractivity contribution in [2.75, 3.05) is 0 Å². The molecule has 0 bridgehead atoms. The number of aliphatic hydroxyl groups excluding tert-OH is 1. The van der Waals surface area contributed by atoms with Crippen molar-refractivity contribution < 1.29 is 22.2 Å². The Bertz CT molecular complexity index is 89.6. The predicted octanol–water partition coefficient (Wildman–Crippen LogP) is 2.34. The maximum atomic E-state index is 9.48. The van der Waals surface area contributed by atoms with Crippen LogP contribution in [-0.2, 0) is 17.1 Å². The monoisotopic (exact) mass is 205 g/mol. The molecule has 1 unspecified atom stereocenters. The molecule has 0 saturated heterocycles. The molecule has 11 heavy (non-hydrogen) atoms. The Labute approximate surface area is 80.0 Å². The summed E-state index contributed by atoms with van der Waals surface area (Å²) >= 11 is 0. The molecular formula is C9H18CuO. The first-order valence-electron chi connectivity index (χ1n) is 4.52. The van der Waals surface area contributed by atoms with Crippen molar-refractivity contribution in [2.24, 2.45) is 5.92 Å². The molecule has 0 heterocycles. The van der Waals surface area contributed by atoms with Gasteiger partial charge in [0.05, 0.1) is 6.10 Å². The Hall–Kier alpha value is 0.479. The summed E-state index contributed by atoms with van der Waals surface area (Å²) in [6, 6.07) is 0. The fourth-order valence-corrected chi connectivity index (χ4v) is 1.85. The molecule has 1 saturated carbocycles. The van der Waals surface area contributed by atoms with E-state index in [1.165, 1.54) is 32.1 Å². The Balaban J connectivity index is 0.000001000. The fraction of sp³-hybridized carbons (Fsp3) is 1.00. The molecule has 0 amide bonds. The van der Waals surface area contributed by atoms with Crippen molar-refractivity contribution in [1.29, 1.82) is 0 Å². The Morgan fingerprint density at radius 1 is 1.27 bits per heavy atom. The van der Waals surface area contributed by atoms with E-state index in [1.54, 1.807) is 0 Å². The summed E-state index contributed by atoms with van der Waals surface area (Å²) in [5.74, 6) is 0.624. The molecule has 1 fully saturated rings. The molecule has 1 N–H and O–H groups in total. The largest absolute Gasteiger partial charge is 0.393 e. The van der Waals surface area contributed by atoms with Crippen molar-refractivity contribution >= 4 is 0 Å². The number of aliphatic hydroxyl groups is 1. The summed E-state index contributed by atoms with van der Waals surface area (Å²) in [6.45, 7) is 2.07. The first-order chi connectivity index (χ1) is 4.84. The van der Waals surface area contributed by atoms with E-state index in [0.717, 1.165) is 6.42 Å². The van der Waals surface area contributed by atoms with Crippen molar-refractivity contribution in [3.63, 3.8) is 0 Å². The van der Waals surface area contributed by atoms with E-state index in [-0.39, 0.29) is 23.2 Å². The molecule has 1 aliphatic carbocycles. The van der Waals surface area contributed by atoms with Gasteiger partial charge in [-0.2, -0.15) is 0 Å². The van der Waals surface area contributed by atoms with Crippen LogP contribution < -0.4 is 0 Å². The van der Waals surface area contributed by atoms with Gasteiger partial charge in [0.2, 0.25) is 0 Å². The topological polar surface area (TPSA) is 20.2 Å². The van der Waals surface area contributed by atoms with E-state index in [0.29, 0.717) is 5.92 Å². The van der Waals surface area contributed by atoms with Crippen molar-refractivity contribution in [2.45, 2.75) is 51.6 Å². The standard InChI is InChI=1S/C9H18O.Cu/c1-2-9(10)8-6-4-3-5-7-8;/h8-10H,2-7H2,1H3;. The zero-order valence-electron chi connectivity index (χ0n) is 7.15.